The van der Waals surface area contributed by atoms with Gasteiger partial charge in [0.05, 0.1) is 13.8 Å². The highest BCUT2D eigenvalue weighted by molar-refractivity contribution is 7.71. The highest BCUT2D eigenvalue weighted by Crippen LogP contribution is 2.21. The number of hydrogen-bond acceptors (Lipinski definition) is 5. The molecule has 158 valence electrons. The van der Waals surface area contributed by atoms with Crippen LogP contribution in [0.15, 0.2) is 24.3 Å². The third-order valence-corrected chi connectivity index (χ3v) is 5.73. The molecule has 7 nitrogen and oxygen atoms in total. The molecule has 0 spiro atoms. The summed E-state index contributed by atoms with van der Waals surface area (Å²) in [6, 6.07) is 7.73. The molecular weight excluding hydrogens is 386 g/mol. The van der Waals surface area contributed by atoms with Crippen LogP contribution in [0.2, 0.25) is 0 Å². The van der Waals surface area contributed by atoms with Crippen molar-refractivity contribution in [2.45, 2.75) is 45.7 Å². The summed E-state index contributed by atoms with van der Waals surface area (Å²) in [5.74, 6) is 1.89. The van der Waals surface area contributed by atoms with Gasteiger partial charge in [0.1, 0.15) is 5.75 Å². The van der Waals surface area contributed by atoms with Gasteiger partial charge in [0.2, 0.25) is 10.7 Å². The Bertz CT molecular complexity index is 838. The van der Waals surface area contributed by atoms with Crippen LogP contribution in [-0.2, 0) is 11.5 Å². The van der Waals surface area contributed by atoms with Crippen molar-refractivity contribution < 1.29 is 9.53 Å². The van der Waals surface area contributed by atoms with Crippen LogP contribution in [0, 0.1) is 10.7 Å². The molecule has 8 heteroatoms. The number of likely N-dealkylation sites (tertiary alicyclic amines) is 1. The monoisotopic (exact) mass is 417 g/mol. The number of unbranched alkanes of at least 4 members (excludes halogenated alkanes) is 2. The molecule has 1 amide bonds. The van der Waals surface area contributed by atoms with Crippen LogP contribution in [0.5, 0.6) is 5.75 Å². The third kappa shape index (κ3) is 5.90. The summed E-state index contributed by atoms with van der Waals surface area (Å²) in [7, 11) is 1.65. The van der Waals surface area contributed by atoms with Crippen molar-refractivity contribution in [3.63, 3.8) is 0 Å². The number of aromatic amines is 1. The number of nitrogens with zero attached hydrogens (tertiary/aromatic N) is 3. The number of carbonyl (C=O) groups excluding carboxylic acids is 1. The van der Waals surface area contributed by atoms with Gasteiger partial charge in [-0.15, -0.1) is 0 Å². The van der Waals surface area contributed by atoms with Gasteiger partial charge in [0, 0.05) is 31.1 Å². The number of benzene rings is 1. The molecule has 0 bridgehead atoms. The third-order valence-electron chi connectivity index (χ3n) is 5.42. The first-order valence-electron chi connectivity index (χ1n) is 10.4. The van der Waals surface area contributed by atoms with Crippen LogP contribution in [0.3, 0.4) is 0 Å². The van der Waals surface area contributed by atoms with E-state index in [0.717, 1.165) is 56.0 Å². The Balaban J connectivity index is 1.51. The molecule has 0 saturated carbocycles. The largest absolute Gasteiger partial charge is 0.497 e. The molecule has 1 aromatic carbocycles. The SMILES string of the molecule is CCCCCNC(=O)C1CCN(Cn2[nH]c(-c3ccc(OC)cc3)nc2=S)CC1. The molecule has 0 atom stereocenters. The average Bonchev–Trinajstić information content (AvgIpc) is 3.12. The summed E-state index contributed by atoms with van der Waals surface area (Å²) in [5.41, 5.74) is 0.967. The van der Waals surface area contributed by atoms with E-state index in [2.05, 4.69) is 27.2 Å². The first-order chi connectivity index (χ1) is 14.1. The minimum atomic E-state index is 0.123. The molecule has 0 unspecified atom stereocenters. The van der Waals surface area contributed by atoms with Gasteiger partial charge in [-0.3, -0.25) is 14.8 Å². The zero-order chi connectivity index (χ0) is 20.6. The average molecular weight is 418 g/mol. The fourth-order valence-electron chi connectivity index (χ4n) is 3.60. The molecule has 2 aromatic rings. The molecule has 1 aromatic heterocycles. The summed E-state index contributed by atoms with van der Waals surface area (Å²) >= 11 is 5.43. The Morgan fingerprint density at radius 1 is 1.28 bits per heavy atom. The minimum absolute atomic E-state index is 0.123. The highest BCUT2D eigenvalue weighted by atomic mass is 32.1. The van der Waals surface area contributed by atoms with E-state index in [-0.39, 0.29) is 11.8 Å². The van der Waals surface area contributed by atoms with E-state index in [4.69, 9.17) is 17.0 Å². The molecule has 2 N–H and O–H groups in total. The zero-order valence-corrected chi connectivity index (χ0v) is 18.1. The van der Waals surface area contributed by atoms with Gasteiger partial charge in [0.15, 0.2) is 5.82 Å². The topological polar surface area (TPSA) is 75.2 Å². The normalized spacial score (nSPS) is 15.4. The van der Waals surface area contributed by atoms with E-state index >= 15 is 0 Å². The fourth-order valence-corrected chi connectivity index (χ4v) is 3.79. The lowest BCUT2D eigenvalue weighted by molar-refractivity contribution is -0.126. The van der Waals surface area contributed by atoms with Crippen molar-refractivity contribution in [3.05, 3.63) is 29.0 Å². The van der Waals surface area contributed by atoms with Crippen LogP contribution in [0.4, 0.5) is 0 Å². The van der Waals surface area contributed by atoms with Crippen molar-refractivity contribution in [2.75, 3.05) is 26.7 Å². The molecule has 2 heterocycles. The number of hydrogen-bond donors (Lipinski definition) is 2. The predicted molar refractivity (Wildman–Crippen MR) is 116 cm³/mol. The quantitative estimate of drug-likeness (QED) is 0.482. The van der Waals surface area contributed by atoms with Crippen LogP contribution < -0.4 is 10.1 Å². The second kappa shape index (κ2) is 10.5. The highest BCUT2D eigenvalue weighted by Gasteiger charge is 2.25. The smallest absolute Gasteiger partial charge is 0.223 e. The summed E-state index contributed by atoms with van der Waals surface area (Å²) in [4.78, 5) is 19.1. The number of carbonyl (C=O) groups is 1. The van der Waals surface area contributed by atoms with Gasteiger partial charge in [0.25, 0.3) is 0 Å². The Morgan fingerprint density at radius 3 is 2.66 bits per heavy atom. The number of rotatable bonds is 9. The standard InChI is InChI=1S/C21H31N5O2S/c1-3-4-5-12-22-20(27)17-10-13-25(14-11-17)15-26-21(29)23-19(24-26)16-6-8-18(28-2)9-7-16/h6-9,17H,3-5,10-15H2,1-2H3,(H,22,27)(H,23,24,29). The van der Waals surface area contributed by atoms with E-state index in [1.807, 2.05) is 28.9 Å². The van der Waals surface area contributed by atoms with Crippen LogP contribution in [0.25, 0.3) is 11.4 Å². The van der Waals surface area contributed by atoms with Crippen molar-refractivity contribution in [3.8, 4) is 17.1 Å². The summed E-state index contributed by atoms with van der Waals surface area (Å²) in [6.45, 7) is 5.39. The van der Waals surface area contributed by atoms with Gasteiger partial charge >= 0.3 is 0 Å². The Hall–Kier alpha value is -2.19. The van der Waals surface area contributed by atoms with Crippen LogP contribution in [-0.4, -0.2) is 52.3 Å². The summed E-state index contributed by atoms with van der Waals surface area (Å²) in [6.07, 6.45) is 5.17. The molecule has 3 rings (SSSR count). The molecule has 1 saturated heterocycles. The number of amides is 1. The molecule has 1 aliphatic heterocycles. The molecule has 1 fully saturated rings. The van der Waals surface area contributed by atoms with Gasteiger partial charge < -0.3 is 10.1 Å². The zero-order valence-electron chi connectivity index (χ0n) is 17.3. The van der Waals surface area contributed by atoms with Crippen LogP contribution in [0.1, 0.15) is 39.0 Å². The first-order valence-corrected chi connectivity index (χ1v) is 10.8. The van der Waals surface area contributed by atoms with E-state index in [1.54, 1.807) is 7.11 Å². The Morgan fingerprint density at radius 2 is 2.00 bits per heavy atom. The van der Waals surface area contributed by atoms with E-state index in [1.165, 1.54) is 12.8 Å². The second-order valence-electron chi connectivity index (χ2n) is 7.54. The summed E-state index contributed by atoms with van der Waals surface area (Å²) < 4.78 is 7.62. The number of aromatic nitrogens is 3. The molecular formula is C21H31N5O2S. The Kier molecular flexibility index (Phi) is 7.83. The lowest BCUT2D eigenvalue weighted by Gasteiger charge is -2.31. The van der Waals surface area contributed by atoms with Crippen molar-refractivity contribution >= 4 is 18.1 Å². The number of nitrogens with one attached hydrogen (secondary N) is 2. The van der Waals surface area contributed by atoms with Crippen LogP contribution >= 0.6 is 12.2 Å². The van der Waals surface area contributed by atoms with E-state index in [9.17, 15) is 4.79 Å². The number of H-pyrrole nitrogens is 1. The van der Waals surface area contributed by atoms with Gasteiger partial charge in [-0.25, -0.2) is 4.68 Å². The maximum atomic E-state index is 12.3. The van der Waals surface area contributed by atoms with E-state index in [0.29, 0.717) is 11.4 Å². The Labute approximate surface area is 177 Å². The van der Waals surface area contributed by atoms with E-state index < -0.39 is 0 Å². The molecule has 29 heavy (non-hydrogen) atoms. The fraction of sp³-hybridized carbons (Fsp3) is 0.571. The lowest BCUT2D eigenvalue weighted by atomic mass is 9.96. The number of piperidine rings is 1. The molecule has 1 aliphatic rings. The van der Waals surface area contributed by atoms with Crippen molar-refractivity contribution in [1.29, 1.82) is 0 Å². The predicted octanol–water partition coefficient (Wildman–Crippen LogP) is 3.59. The van der Waals surface area contributed by atoms with Crippen molar-refractivity contribution in [1.82, 2.24) is 25.0 Å². The number of ether oxygens (including phenoxy) is 1. The minimum Gasteiger partial charge on any atom is -0.497 e. The van der Waals surface area contributed by atoms with Gasteiger partial charge in [-0.2, -0.15) is 4.98 Å². The first kappa shape index (κ1) is 21.5. The second-order valence-corrected chi connectivity index (χ2v) is 7.91. The lowest BCUT2D eigenvalue weighted by Crippen LogP contribution is -2.41. The van der Waals surface area contributed by atoms with Gasteiger partial charge in [-0.05, 0) is 55.7 Å². The molecule has 0 aliphatic carbocycles. The summed E-state index contributed by atoms with van der Waals surface area (Å²) in [5, 5.41) is 6.38. The van der Waals surface area contributed by atoms with Crippen molar-refractivity contribution in [2.24, 2.45) is 5.92 Å². The maximum Gasteiger partial charge on any atom is 0.223 e. The number of methoxy groups -OCH3 is 1. The maximum absolute atomic E-state index is 12.3. The molecule has 0 radical (unpaired) electrons. The van der Waals surface area contributed by atoms with Gasteiger partial charge in [-0.1, -0.05) is 19.8 Å².